The number of hydrogen-bond donors (Lipinski definition) is 1. The zero-order valence-electron chi connectivity index (χ0n) is 10.6. The number of rotatable bonds is 3. The molecule has 1 unspecified atom stereocenters. The van der Waals surface area contributed by atoms with Gasteiger partial charge < -0.3 is 10.6 Å². The maximum atomic E-state index is 13.8. The van der Waals surface area contributed by atoms with Crippen LogP contribution in [0, 0.1) is 11.7 Å². The number of hydrogen-bond acceptors (Lipinski definition) is 2. The van der Waals surface area contributed by atoms with Crippen molar-refractivity contribution in [2.24, 2.45) is 11.7 Å². The van der Waals surface area contributed by atoms with Crippen LogP contribution < -0.4 is 10.6 Å². The van der Waals surface area contributed by atoms with Crippen LogP contribution in [0.2, 0.25) is 0 Å². The molecule has 1 aromatic carbocycles. The van der Waals surface area contributed by atoms with Crippen LogP contribution in [0.25, 0.3) is 0 Å². The lowest BCUT2D eigenvalue weighted by molar-refractivity contribution is 0.567. The van der Waals surface area contributed by atoms with E-state index in [1.54, 1.807) is 6.07 Å². The molecule has 2 rings (SSSR count). The molecule has 1 aliphatic rings. The van der Waals surface area contributed by atoms with Crippen molar-refractivity contribution in [3.63, 3.8) is 0 Å². The third kappa shape index (κ3) is 2.44. The quantitative estimate of drug-likeness (QED) is 0.874. The van der Waals surface area contributed by atoms with Crippen molar-refractivity contribution in [1.82, 2.24) is 0 Å². The summed E-state index contributed by atoms with van der Waals surface area (Å²) in [6.45, 7) is 6.10. The Balaban J connectivity index is 2.29. The number of anilines is 1. The van der Waals surface area contributed by atoms with Gasteiger partial charge in [-0.2, -0.15) is 0 Å². The molecule has 17 heavy (non-hydrogen) atoms. The molecule has 2 nitrogen and oxygen atoms in total. The predicted octanol–water partition coefficient (Wildman–Crippen LogP) is 3.08. The Hall–Kier alpha value is -1.09. The van der Waals surface area contributed by atoms with E-state index in [2.05, 4.69) is 11.8 Å². The molecular weight excluding hydrogens is 215 g/mol. The van der Waals surface area contributed by atoms with E-state index in [1.807, 2.05) is 13.0 Å². The molecule has 0 radical (unpaired) electrons. The summed E-state index contributed by atoms with van der Waals surface area (Å²) in [5.74, 6) is 0.552. The van der Waals surface area contributed by atoms with Crippen molar-refractivity contribution in [3.05, 3.63) is 29.6 Å². The van der Waals surface area contributed by atoms with Crippen LogP contribution in [0.1, 0.15) is 38.3 Å². The average molecular weight is 236 g/mol. The minimum atomic E-state index is -0.258. The van der Waals surface area contributed by atoms with E-state index in [-0.39, 0.29) is 11.9 Å². The maximum absolute atomic E-state index is 13.8. The Labute approximate surface area is 103 Å². The zero-order valence-corrected chi connectivity index (χ0v) is 10.6. The van der Waals surface area contributed by atoms with Crippen molar-refractivity contribution < 1.29 is 4.39 Å². The fourth-order valence-corrected chi connectivity index (χ4v) is 2.64. The number of halogens is 1. The van der Waals surface area contributed by atoms with Gasteiger partial charge in [-0.25, -0.2) is 4.39 Å². The van der Waals surface area contributed by atoms with Crippen molar-refractivity contribution in [1.29, 1.82) is 0 Å². The van der Waals surface area contributed by atoms with Crippen LogP contribution in [0.3, 0.4) is 0 Å². The predicted molar refractivity (Wildman–Crippen MR) is 69.6 cm³/mol. The molecule has 0 saturated carbocycles. The molecule has 0 aromatic heterocycles. The summed E-state index contributed by atoms with van der Waals surface area (Å²) >= 11 is 0. The summed E-state index contributed by atoms with van der Waals surface area (Å²) in [5, 5.41) is 0. The normalized spacial score (nSPS) is 21.9. The Morgan fingerprint density at radius 1 is 1.53 bits per heavy atom. The third-order valence-corrected chi connectivity index (χ3v) is 3.69. The smallest absolute Gasteiger partial charge is 0.130 e. The van der Waals surface area contributed by atoms with Crippen molar-refractivity contribution in [3.8, 4) is 0 Å². The van der Waals surface area contributed by atoms with Crippen LogP contribution in [-0.4, -0.2) is 13.1 Å². The van der Waals surface area contributed by atoms with Gasteiger partial charge in [-0.15, -0.1) is 0 Å². The second-order valence-corrected chi connectivity index (χ2v) is 4.97. The van der Waals surface area contributed by atoms with Crippen LogP contribution in [0.5, 0.6) is 0 Å². The maximum Gasteiger partial charge on any atom is 0.130 e. The zero-order chi connectivity index (χ0) is 12.4. The van der Waals surface area contributed by atoms with E-state index in [0.29, 0.717) is 5.56 Å². The monoisotopic (exact) mass is 236 g/mol. The summed E-state index contributed by atoms with van der Waals surface area (Å²) in [7, 11) is 0. The molecule has 3 heteroatoms. The number of nitrogens with two attached hydrogens (primary N) is 1. The third-order valence-electron chi connectivity index (χ3n) is 3.69. The van der Waals surface area contributed by atoms with Gasteiger partial charge in [-0.1, -0.05) is 19.4 Å². The van der Waals surface area contributed by atoms with Crippen molar-refractivity contribution in [2.45, 2.75) is 32.7 Å². The topological polar surface area (TPSA) is 29.3 Å². The molecule has 0 bridgehead atoms. The van der Waals surface area contributed by atoms with Gasteiger partial charge in [0.1, 0.15) is 5.82 Å². The fourth-order valence-electron chi connectivity index (χ4n) is 2.64. The van der Waals surface area contributed by atoms with Gasteiger partial charge in [-0.05, 0) is 31.4 Å². The second kappa shape index (κ2) is 5.05. The van der Waals surface area contributed by atoms with Gasteiger partial charge in [0.05, 0.1) is 0 Å². The molecule has 1 aliphatic heterocycles. The van der Waals surface area contributed by atoms with Crippen molar-refractivity contribution in [2.75, 3.05) is 18.0 Å². The molecular formula is C14H21FN2. The molecule has 1 saturated heterocycles. The highest BCUT2D eigenvalue weighted by Crippen LogP contribution is 2.32. The Morgan fingerprint density at radius 3 is 2.88 bits per heavy atom. The molecule has 1 aromatic rings. The Morgan fingerprint density at radius 2 is 2.29 bits per heavy atom. The first-order valence-electron chi connectivity index (χ1n) is 6.42. The van der Waals surface area contributed by atoms with Gasteiger partial charge >= 0.3 is 0 Å². The van der Waals surface area contributed by atoms with E-state index >= 15 is 0 Å². The van der Waals surface area contributed by atoms with Crippen LogP contribution in [0.4, 0.5) is 10.1 Å². The summed E-state index contributed by atoms with van der Waals surface area (Å²) in [6.07, 6.45) is 2.39. The summed E-state index contributed by atoms with van der Waals surface area (Å²) in [5.41, 5.74) is 7.52. The lowest BCUT2D eigenvalue weighted by Crippen LogP contribution is -2.23. The van der Waals surface area contributed by atoms with Gasteiger partial charge in [0, 0.05) is 30.4 Å². The fraction of sp³-hybridized carbons (Fsp3) is 0.571. The first kappa shape index (κ1) is 12.4. The van der Waals surface area contributed by atoms with Gasteiger partial charge in [-0.3, -0.25) is 0 Å². The molecule has 0 spiro atoms. The van der Waals surface area contributed by atoms with Crippen molar-refractivity contribution >= 4 is 5.69 Å². The highest BCUT2D eigenvalue weighted by Gasteiger charge is 2.24. The van der Waals surface area contributed by atoms with Gasteiger partial charge in [0.25, 0.3) is 0 Å². The molecule has 2 atom stereocenters. The van der Waals surface area contributed by atoms with E-state index in [9.17, 15) is 4.39 Å². The van der Waals surface area contributed by atoms with E-state index < -0.39 is 0 Å². The van der Waals surface area contributed by atoms with Gasteiger partial charge in [0.2, 0.25) is 0 Å². The standard InChI is InChI=1S/C14H21FN2/c1-3-11-7-8-17(9-11)13-6-4-5-12(15)14(13)10(2)16/h4-6,10-11H,3,7-9,16H2,1-2H3/t10-,11?/m1/s1. The van der Waals surface area contributed by atoms with Crippen LogP contribution in [-0.2, 0) is 0 Å². The highest BCUT2D eigenvalue weighted by atomic mass is 19.1. The van der Waals surface area contributed by atoms with Gasteiger partial charge in [0.15, 0.2) is 0 Å². The first-order chi connectivity index (χ1) is 8.13. The average Bonchev–Trinajstić information content (AvgIpc) is 2.76. The Kier molecular flexibility index (Phi) is 3.67. The molecule has 0 amide bonds. The number of nitrogens with zero attached hydrogens (tertiary/aromatic N) is 1. The van der Waals surface area contributed by atoms with E-state index in [0.717, 1.165) is 24.7 Å². The minimum Gasteiger partial charge on any atom is -0.371 e. The summed E-state index contributed by atoms with van der Waals surface area (Å²) in [6, 6.07) is 5.00. The molecule has 94 valence electrons. The van der Waals surface area contributed by atoms with Crippen LogP contribution >= 0.6 is 0 Å². The summed E-state index contributed by atoms with van der Waals surface area (Å²) in [4.78, 5) is 2.27. The first-order valence-corrected chi connectivity index (χ1v) is 6.42. The SMILES string of the molecule is CCC1CCN(c2cccc(F)c2[C@@H](C)N)C1. The second-order valence-electron chi connectivity index (χ2n) is 4.97. The Bertz CT molecular complexity index is 390. The molecule has 0 aliphatic carbocycles. The molecule has 1 heterocycles. The highest BCUT2D eigenvalue weighted by molar-refractivity contribution is 5.56. The molecule has 2 N–H and O–H groups in total. The minimum absolute atomic E-state index is 0.183. The van der Waals surface area contributed by atoms with Crippen LogP contribution in [0.15, 0.2) is 18.2 Å². The lowest BCUT2D eigenvalue weighted by Gasteiger charge is -2.24. The molecule has 1 fully saturated rings. The number of benzene rings is 1. The van der Waals surface area contributed by atoms with E-state index in [4.69, 9.17) is 5.73 Å². The largest absolute Gasteiger partial charge is 0.371 e. The van der Waals surface area contributed by atoms with E-state index in [1.165, 1.54) is 18.9 Å². The lowest BCUT2D eigenvalue weighted by atomic mass is 10.0. The summed E-state index contributed by atoms with van der Waals surface area (Å²) < 4.78 is 13.8.